The lowest BCUT2D eigenvalue weighted by atomic mass is 10.0. The van der Waals surface area contributed by atoms with Crippen molar-refractivity contribution < 1.29 is 9.90 Å². The number of rotatable bonds is 2. The molecule has 0 fully saturated rings. The van der Waals surface area contributed by atoms with Crippen LogP contribution < -0.4 is 4.90 Å². The maximum Gasteiger partial charge on any atom is 0.263 e. The van der Waals surface area contributed by atoms with Gasteiger partial charge in [0, 0.05) is 16.8 Å². The molecule has 22 heavy (non-hydrogen) atoms. The van der Waals surface area contributed by atoms with Crippen LogP contribution in [0.15, 0.2) is 54.6 Å². The Morgan fingerprint density at radius 1 is 1.00 bits per heavy atom. The molecule has 0 aromatic heterocycles. The minimum atomic E-state index is -1.00. The third-order valence-electron chi connectivity index (χ3n) is 3.66. The van der Waals surface area contributed by atoms with Crippen LogP contribution >= 0.6 is 0 Å². The summed E-state index contributed by atoms with van der Waals surface area (Å²) in [6.07, 6.45) is 1.73. The summed E-state index contributed by atoms with van der Waals surface area (Å²) in [6.45, 7) is 5.43. The number of nitrogens with zero attached hydrogens (tertiary/aromatic N) is 1. The molecule has 0 unspecified atom stereocenters. The summed E-state index contributed by atoms with van der Waals surface area (Å²) < 4.78 is 0. The molecule has 2 aromatic rings. The van der Waals surface area contributed by atoms with Crippen LogP contribution in [0.25, 0.3) is 5.70 Å². The summed E-state index contributed by atoms with van der Waals surface area (Å²) in [5.74, 6) is -0.0602. The van der Waals surface area contributed by atoms with Crippen LogP contribution in [0.3, 0.4) is 0 Å². The quantitative estimate of drug-likeness (QED) is 0.915. The van der Waals surface area contributed by atoms with Crippen LogP contribution in [-0.2, 0) is 0 Å². The van der Waals surface area contributed by atoms with Crippen molar-refractivity contribution in [2.24, 2.45) is 0 Å². The van der Waals surface area contributed by atoms with Crippen molar-refractivity contribution >= 4 is 17.3 Å². The molecule has 0 atom stereocenters. The normalized spacial score (nSPS) is 16.3. The molecular weight excluding hydrogens is 274 g/mol. The van der Waals surface area contributed by atoms with Gasteiger partial charge in [-0.1, -0.05) is 35.9 Å². The van der Waals surface area contributed by atoms with Gasteiger partial charge >= 0.3 is 0 Å². The second-order valence-electron chi connectivity index (χ2n) is 6.20. The number of aryl methyl sites for hydroxylation is 1. The van der Waals surface area contributed by atoms with E-state index in [1.807, 2.05) is 55.5 Å². The van der Waals surface area contributed by atoms with Gasteiger partial charge in [-0.2, -0.15) is 0 Å². The average molecular weight is 293 g/mol. The van der Waals surface area contributed by atoms with E-state index in [1.54, 1.807) is 24.8 Å². The minimum Gasteiger partial charge on any atom is -0.386 e. The van der Waals surface area contributed by atoms with Crippen molar-refractivity contribution in [3.05, 3.63) is 71.3 Å². The second-order valence-corrected chi connectivity index (χ2v) is 6.20. The molecule has 112 valence electrons. The van der Waals surface area contributed by atoms with Gasteiger partial charge in [-0.15, -0.1) is 0 Å². The number of anilines is 1. The Hall–Kier alpha value is -2.39. The maximum atomic E-state index is 12.8. The van der Waals surface area contributed by atoms with Gasteiger partial charge in [-0.3, -0.25) is 9.69 Å². The monoisotopic (exact) mass is 293 g/mol. The number of fused-ring (bicyclic) bond motifs is 1. The standard InChI is InChI=1S/C19H19NO2/c1-13-8-10-14(11-9-13)20-17(12-19(2,3)22)15-6-4-5-7-16(15)18(20)21/h4-12,22H,1-3H3/b17-12-. The minimum absolute atomic E-state index is 0.0602. The van der Waals surface area contributed by atoms with E-state index in [4.69, 9.17) is 0 Å². The molecule has 0 spiro atoms. The maximum absolute atomic E-state index is 12.8. The predicted molar refractivity (Wildman–Crippen MR) is 88.7 cm³/mol. The fraction of sp³-hybridized carbons (Fsp3) is 0.211. The van der Waals surface area contributed by atoms with Crippen LogP contribution in [0, 0.1) is 6.92 Å². The van der Waals surface area contributed by atoms with Crippen LogP contribution in [0.5, 0.6) is 0 Å². The summed E-state index contributed by atoms with van der Waals surface area (Å²) in [6, 6.07) is 15.3. The highest BCUT2D eigenvalue weighted by Crippen LogP contribution is 2.37. The van der Waals surface area contributed by atoms with Gasteiger partial charge in [0.15, 0.2) is 0 Å². The predicted octanol–water partition coefficient (Wildman–Crippen LogP) is 3.77. The molecule has 0 saturated heterocycles. The first-order chi connectivity index (χ1) is 10.4. The Balaban J connectivity index is 2.18. The summed E-state index contributed by atoms with van der Waals surface area (Å²) >= 11 is 0. The van der Waals surface area contributed by atoms with Crippen LogP contribution in [-0.4, -0.2) is 16.6 Å². The topological polar surface area (TPSA) is 40.5 Å². The summed E-state index contributed by atoms with van der Waals surface area (Å²) in [5.41, 5.74) is 3.20. The fourth-order valence-corrected chi connectivity index (χ4v) is 2.67. The number of aliphatic hydroxyl groups is 1. The zero-order valence-electron chi connectivity index (χ0n) is 13.0. The van der Waals surface area contributed by atoms with E-state index in [1.165, 1.54) is 0 Å². The lowest BCUT2D eigenvalue weighted by molar-refractivity contribution is 0.101. The highest BCUT2D eigenvalue weighted by molar-refractivity contribution is 6.22. The highest BCUT2D eigenvalue weighted by Gasteiger charge is 2.34. The molecular formula is C19H19NO2. The number of benzene rings is 2. The van der Waals surface area contributed by atoms with Gasteiger partial charge in [-0.25, -0.2) is 0 Å². The van der Waals surface area contributed by atoms with Crippen molar-refractivity contribution in [1.82, 2.24) is 0 Å². The van der Waals surface area contributed by atoms with E-state index in [9.17, 15) is 9.90 Å². The Labute approximate surface area is 130 Å². The summed E-state index contributed by atoms with van der Waals surface area (Å²) in [4.78, 5) is 14.5. The third kappa shape index (κ3) is 2.55. The molecule has 0 aliphatic carbocycles. The van der Waals surface area contributed by atoms with E-state index in [0.717, 1.165) is 22.5 Å². The van der Waals surface area contributed by atoms with Crippen LogP contribution in [0.4, 0.5) is 5.69 Å². The average Bonchev–Trinajstić information content (AvgIpc) is 2.72. The number of carbonyl (C=O) groups excluding carboxylic acids is 1. The zero-order chi connectivity index (χ0) is 15.9. The fourth-order valence-electron chi connectivity index (χ4n) is 2.67. The smallest absolute Gasteiger partial charge is 0.263 e. The summed E-state index contributed by atoms with van der Waals surface area (Å²) in [7, 11) is 0. The molecule has 0 bridgehead atoms. The van der Waals surface area contributed by atoms with Crippen molar-refractivity contribution in [2.45, 2.75) is 26.4 Å². The van der Waals surface area contributed by atoms with E-state index in [-0.39, 0.29) is 5.91 Å². The summed E-state index contributed by atoms with van der Waals surface area (Å²) in [5, 5.41) is 10.2. The Morgan fingerprint density at radius 3 is 2.18 bits per heavy atom. The van der Waals surface area contributed by atoms with Crippen LogP contribution in [0.2, 0.25) is 0 Å². The Morgan fingerprint density at radius 2 is 1.59 bits per heavy atom. The molecule has 3 nitrogen and oxygen atoms in total. The first-order valence-corrected chi connectivity index (χ1v) is 7.32. The number of hydrogen-bond donors (Lipinski definition) is 1. The number of carbonyl (C=O) groups is 1. The van der Waals surface area contributed by atoms with Gasteiger partial charge in [0.2, 0.25) is 0 Å². The second kappa shape index (κ2) is 5.11. The molecule has 1 heterocycles. The van der Waals surface area contributed by atoms with Crippen molar-refractivity contribution in [1.29, 1.82) is 0 Å². The first kappa shape index (κ1) is 14.5. The molecule has 0 saturated carbocycles. The lowest BCUT2D eigenvalue weighted by Gasteiger charge is -2.22. The molecule has 1 N–H and O–H groups in total. The van der Waals surface area contributed by atoms with E-state index in [2.05, 4.69) is 0 Å². The van der Waals surface area contributed by atoms with E-state index >= 15 is 0 Å². The van der Waals surface area contributed by atoms with E-state index in [0.29, 0.717) is 5.56 Å². The van der Waals surface area contributed by atoms with Gasteiger partial charge in [-0.05, 0) is 45.0 Å². The number of amides is 1. The van der Waals surface area contributed by atoms with Crippen LogP contribution in [0.1, 0.15) is 35.3 Å². The highest BCUT2D eigenvalue weighted by atomic mass is 16.3. The SMILES string of the molecule is Cc1ccc(N2C(=O)c3ccccc3/C2=C/C(C)(C)O)cc1. The largest absolute Gasteiger partial charge is 0.386 e. The van der Waals surface area contributed by atoms with E-state index < -0.39 is 5.60 Å². The molecule has 3 heteroatoms. The zero-order valence-corrected chi connectivity index (χ0v) is 13.0. The third-order valence-corrected chi connectivity index (χ3v) is 3.66. The molecule has 1 aliphatic rings. The van der Waals surface area contributed by atoms with Gasteiger partial charge < -0.3 is 5.11 Å². The molecule has 1 amide bonds. The van der Waals surface area contributed by atoms with Gasteiger partial charge in [0.05, 0.1) is 11.3 Å². The number of hydrogen-bond acceptors (Lipinski definition) is 2. The first-order valence-electron chi connectivity index (χ1n) is 7.32. The Kier molecular flexibility index (Phi) is 3.38. The molecule has 0 radical (unpaired) electrons. The Bertz CT molecular complexity index is 752. The molecule has 1 aliphatic heterocycles. The molecule has 2 aromatic carbocycles. The van der Waals surface area contributed by atoms with Crippen molar-refractivity contribution in [3.63, 3.8) is 0 Å². The van der Waals surface area contributed by atoms with Gasteiger partial charge in [0.1, 0.15) is 0 Å². The molecule has 3 rings (SSSR count). The van der Waals surface area contributed by atoms with Crippen molar-refractivity contribution in [2.75, 3.05) is 4.90 Å². The van der Waals surface area contributed by atoms with Crippen molar-refractivity contribution in [3.8, 4) is 0 Å². The van der Waals surface area contributed by atoms with Gasteiger partial charge in [0.25, 0.3) is 5.91 Å². The lowest BCUT2D eigenvalue weighted by Crippen LogP contribution is -2.25.